The first-order valence-electron chi connectivity index (χ1n) is 15.9. The minimum Gasteiger partial charge on any atom is -0.392 e. The third-order valence-corrected chi connectivity index (χ3v) is 8.97. The maximum absolute atomic E-state index is 14.2. The maximum Gasteiger partial charge on any atom is 0.257 e. The number of nitrogens with zero attached hydrogens (tertiary/aromatic N) is 1. The molecule has 0 bridgehead atoms. The molecule has 0 aliphatic carbocycles. The lowest BCUT2D eigenvalue weighted by Crippen LogP contribution is -2.47. The van der Waals surface area contributed by atoms with Crippen molar-refractivity contribution in [2.75, 3.05) is 32.8 Å². The number of rotatable bonds is 9. The van der Waals surface area contributed by atoms with Crippen LogP contribution in [0.1, 0.15) is 51.9 Å². The van der Waals surface area contributed by atoms with E-state index in [0.717, 1.165) is 40.9 Å². The van der Waals surface area contributed by atoms with Crippen molar-refractivity contribution in [3.05, 3.63) is 130 Å². The number of benzene rings is 4. The SMILES string of the molecule is CC1C(CN2CCOCC2)OC(c2cccc(-c3cccc(CNC(=O)c4c(F)c(F)c(F)c(F)c4F)c3)c2)OC1c1ccc(CO)cc1. The molecule has 12 heteroatoms. The van der Waals surface area contributed by atoms with Crippen molar-refractivity contribution < 1.29 is 46.1 Å². The number of hydrogen-bond donors (Lipinski definition) is 2. The summed E-state index contributed by atoms with van der Waals surface area (Å²) in [5.41, 5.74) is 3.07. The van der Waals surface area contributed by atoms with Crippen LogP contribution in [0.4, 0.5) is 22.0 Å². The predicted molar refractivity (Wildman–Crippen MR) is 170 cm³/mol. The van der Waals surface area contributed by atoms with E-state index in [-0.39, 0.29) is 31.3 Å². The second-order valence-corrected chi connectivity index (χ2v) is 12.2. The summed E-state index contributed by atoms with van der Waals surface area (Å²) in [4.78, 5) is 14.8. The molecule has 1 amide bonds. The zero-order valence-electron chi connectivity index (χ0n) is 26.6. The Balaban J connectivity index is 1.22. The lowest BCUT2D eigenvalue weighted by Gasteiger charge is -2.43. The lowest BCUT2D eigenvalue weighted by atomic mass is 9.89. The van der Waals surface area contributed by atoms with Crippen LogP contribution in [0.25, 0.3) is 11.1 Å². The number of hydrogen-bond acceptors (Lipinski definition) is 6. The summed E-state index contributed by atoms with van der Waals surface area (Å²) in [5.74, 6) is -12.5. The number of carbonyl (C=O) groups excluding carboxylic acids is 1. The van der Waals surface area contributed by atoms with Gasteiger partial charge in [-0.2, -0.15) is 0 Å². The maximum atomic E-state index is 14.2. The Kier molecular flexibility index (Phi) is 10.7. The normalized spacial score (nSPS) is 21.4. The van der Waals surface area contributed by atoms with E-state index in [4.69, 9.17) is 14.2 Å². The van der Waals surface area contributed by atoms with Crippen molar-refractivity contribution in [1.82, 2.24) is 10.2 Å². The van der Waals surface area contributed by atoms with Crippen LogP contribution in [-0.4, -0.2) is 54.9 Å². The van der Waals surface area contributed by atoms with Gasteiger partial charge in [0.25, 0.3) is 5.91 Å². The molecule has 0 spiro atoms. The summed E-state index contributed by atoms with van der Waals surface area (Å²) in [6.45, 7) is 5.46. The Morgan fingerprint density at radius 2 is 1.43 bits per heavy atom. The number of nitrogens with one attached hydrogen (secondary N) is 1. The van der Waals surface area contributed by atoms with Crippen LogP contribution in [0, 0.1) is 35.0 Å². The fourth-order valence-electron chi connectivity index (χ4n) is 6.17. The molecule has 2 saturated heterocycles. The summed E-state index contributed by atoms with van der Waals surface area (Å²) in [5, 5.41) is 11.8. The second kappa shape index (κ2) is 15.1. The average molecular weight is 683 g/mol. The predicted octanol–water partition coefficient (Wildman–Crippen LogP) is 6.60. The lowest BCUT2D eigenvalue weighted by molar-refractivity contribution is -0.277. The van der Waals surface area contributed by atoms with Crippen LogP contribution >= 0.6 is 0 Å². The Morgan fingerprint density at radius 1 is 0.796 bits per heavy atom. The van der Waals surface area contributed by atoms with Crippen molar-refractivity contribution in [1.29, 1.82) is 0 Å². The van der Waals surface area contributed by atoms with Gasteiger partial charge in [0.2, 0.25) is 5.82 Å². The van der Waals surface area contributed by atoms with E-state index in [9.17, 15) is 31.9 Å². The number of aliphatic hydroxyl groups excluding tert-OH is 1. The van der Waals surface area contributed by atoms with Gasteiger partial charge in [-0.15, -0.1) is 0 Å². The average Bonchev–Trinajstić information content (AvgIpc) is 3.14. The van der Waals surface area contributed by atoms with Crippen molar-refractivity contribution >= 4 is 5.91 Å². The van der Waals surface area contributed by atoms with E-state index in [1.807, 2.05) is 54.6 Å². The quantitative estimate of drug-likeness (QED) is 0.118. The van der Waals surface area contributed by atoms with Gasteiger partial charge in [0.1, 0.15) is 5.56 Å². The molecule has 2 heterocycles. The van der Waals surface area contributed by atoms with Gasteiger partial charge in [-0.1, -0.05) is 67.6 Å². The summed E-state index contributed by atoms with van der Waals surface area (Å²) in [6.07, 6.45) is -1.15. The summed E-state index contributed by atoms with van der Waals surface area (Å²) < 4.78 is 87.8. The van der Waals surface area contributed by atoms with Gasteiger partial charge in [0, 0.05) is 37.7 Å². The molecule has 49 heavy (non-hydrogen) atoms. The highest BCUT2D eigenvalue weighted by Gasteiger charge is 2.39. The summed E-state index contributed by atoms with van der Waals surface area (Å²) >= 11 is 0. The molecule has 7 nitrogen and oxygen atoms in total. The molecule has 0 aromatic heterocycles. The standard InChI is InChI=1S/C37H35F5N2O5/c1-21-28(19-44-12-14-47-15-13-44)48-37(49-35(21)24-10-8-22(20-45)9-11-24)27-7-3-6-26(17-27)25-5-2-4-23(16-25)18-43-36(46)29-30(38)32(40)34(42)33(41)31(29)39/h2-11,16-17,21,28,35,37,45H,12-15,18-20H2,1H3,(H,43,46). The van der Waals surface area contributed by atoms with E-state index >= 15 is 0 Å². The van der Waals surface area contributed by atoms with Crippen LogP contribution < -0.4 is 5.32 Å². The highest BCUT2D eigenvalue weighted by Crippen LogP contribution is 2.42. The molecule has 2 aliphatic heterocycles. The van der Waals surface area contributed by atoms with Crippen molar-refractivity contribution in [2.24, 2.45) is 5.92 Å². The molecule has 2 aliphatic rings. The van der Waals surface area contributed by atoms with Gasteiger partial charge in [0.05, 0.1) is 32.0 Å². The molecule has 2 fully saturated rings. The van der Waals surface area contributed by atoms with Gasteiger partial charge in [-0.05, 0) is 39.9 Å². The van der Waals surface area contributed by atoms with E-state index < -0.39 is 46.8 Å². The first kappa shape index (κ1) is 34.7. The highest BCUT2D eigenvalue weighted by molar-refractivity contribution is 5.94. The number of morpholine rings is 1. The van der Waals surface area contributed by atoms with Crippen LogP contribution in [0.2, 0.25) is 0 Å². The number of carbonyl (C=O) groups is 1. The van der Waals surface area contributed by atoms with Gasteiger partial charge in [0.15, 0.2) is 29.6 Å². The molecule has 0 radical (unpaired) electrons. The molecule has 6 rings (SSSR count). The Bertz CT molecular complexity index is 1770. The smallest absolute Gasteiger partial charge is 0.257 e. The Hall–Kier alpha value is -4.20. The van der Waals surface area contributed by atoms with E-state index in [2.05, 4.69) is 17.1 Å². The minimum absolute atomic E-state index is 0.0130. The number of aliphatic hydroxyl groups is 1. The molecule has 4 aromatic carbocycles. The van der Waals surface area contributed by atoms with Gasteiger partial charge in [-0.3, -0.25) is 9.69 Å². The first-order chi connectivity index (χ1) is 23.6. The van der Waals surface area contributed by atoms with Crippen LogP contribution in [-0.2, 0) is 27.4 Å². The Morgan fingerprint density at radius 3 is 2.10 bits per heavy atom. The molecule has 4 atom stereocenters. The highest BCUT2D eigenvalue weighted by atomic mass is 19.2. The number of ether oxygens (including phenoxy) is 3. The fraction of sp³-hybridized carbons (Fsp3) is 0.324. The zero-order chi connectivity index (χ0) is 34.7. The monoisotopic (exact) mass is 682 g/mol. The van der Waals surface area contributed by atoms with Crippen molar-refractivity contribution in [3.8, 4) is 11.1 Å². The largest absolute Gasteiger partial charge is 0.392 e. The topological polar surface area (TPSA) is 80.3 Å². The summed E-state index contributed by atoms with van der Waals surface area (Å²) in [7, 11) is 0. The van der Waals surface area contributed by atoms with E-state index in [1.165, 1.54) is 0 Å². The van der Waals surface area contributed by atoms with Crippen molar-refractivity contribution in [3.63, 3.8) is 0 Å². The first-order valence-corrected chi connectivity index (χ1v) is 15.9. The second-order valence-electron chi connectivity index (χ2n) is 12.2. The minimum atomic E-state index is -2.33. The number of amides is 1. The molecule has 2 N–H and O–H groups in total. The summed E-state index contributed by atoms with van der Waals surface area (Å²) in [6, 6.07) is 22.3. The van der Waals surface area contributed by atoms with Crippen LogP contribution in [0.15, 0.2) is 72.8 Å². The molecular weight excluding hydrogens is 647 g/mol. The molecule has 4 aromatic rings. The van der Waals surface area contributed by atoms with Gasteiger partial charge >= 0.3 is 0 Å². The number of halogens is 5. The van der Waals surface area contributed by atoms with E-state index in [1.54, 1.807) is 18.2 Å². The van der Waals surface area contributed by atoms with E-state index in [0.29, 0.717) is 25.3 Å². The van der Waals surface area contributed by atoms with Crippen LogP contribution in [0.5, 0.6) is 0 Å². The molecule has 0 saturated carbocycles. The fourth-order valence-corrected chi connectivity index (χ4v) is 6.17. The van der Waals surface area contributed by atoms with Gasteiger partial charge in [-0.25, -0.2) is 22.0 Å². The third-order valence-electron chi connectivity index (χ3n) is 8.97. The zero-order valence-corrected chi connectivity index (χ0v) is 26.6. The Labute approximate surface area is 280 Å². The molecule has 4 unspecified atom stereocenters. The molecule has 258 valence electrons. The van der Waals surface area contributed by atoms with Crippen molar-refractivity contribution in [2.45, 2.75) is 38.6 Å². The third kappa shape index (κ3) is 7.53. The van der Waals surface area contributed by atoms with Crippen LogP contribution in [0.3, 0.4) is 0 Å². The van der Waals surface area contributed by atoms with Gasteiger partial charge < -0.3 is 24.6 Å². The molecular formula is C37H35F5N2O5.